The quantitative estimate of drug-likeness (QED) is 0.381. The lowest BCUT2D eigenvalue weighted by Gasteiger charge is -2.15. The molecule has 1 heterocycles. The molecule has 0 radical (unpaired) electrons. The second-order valence-corrected chi connectivity index (χ2v) is 5.29. The molecule has 0 aliphatic heterocycles. The van der Waals surface area contributed by atoms with Crippen LogP contribution in [0.2, 0.25) is 0 Å². The summed E-state index contributed by atoms with van der Waals surface area (Å²) in [6, 6.07) is 5.78. The molecule has 0 aliphatic carbocycles. The first-order valence-corrected chi connectivity index (χ1v) is 7.72. The van der Waals surface area contributed by atoms with E-state index in [1.165, 1.54) is 18.2 Å². The van der Waals surface area contributed by atoms with Gasteiger partial charge in [0.2, 0.25) is 0 Å². The number of hydrogen-bond acceptors (Lipinski definition) is 3. The van der Waals surface area contributed by atoms with Crippen LogP contribution in [0.3, 0.4) is 0 Å². The minimum Gasteiger partial charge on any atom is -0.434 e. The van der Waals surface area contributed by atoms with E-state index in [4.69, 9.17) is 0 Å². The summed E-state index contributed by atoms with van der Waals surface area (Å²) >= 11 is 1.58. The van der Waals surface area contributed by atoms with E-state index in [0.717, 1.165) is 5.56 Å². The molecule has 9 heteroatoms. The smallest absolute Gasteiger partial charge is 0.387 e. The number of alkyl halides is 2. The fourth-order valence-corrected chi connectivity index (χ4v) is 2.56. The van der Waals surface area contributed by atoms with Crippen molar-refractivity contribution in [3.8, 4) is 5.75 Å². The number of nitrogens with zero attached hydrogens (tertiary/aromatic N) is 1. The Bertz CT molecular complexity index is 653. The second kappa shape index (κ2) is 10.4. The molecular formula is C15H17F3IN3OS. The summed E-state index contributed by atoms with van der Waals surface area (Å²) in [6.45, 7) is -2.48. The number of thiophene rings is 1. The van der Waals surface area contributed by atoms with E-state index in [2.05, 4.69) is 20.4 Å². The van der Waals surface area contributed by atoms with Crippen molar-refractivity contribution in [3.63, 3.8) is 0 Å². The lowest BCUT2D eigenvalue weighted by molar-refractivity contribution is -0.0506. The first-order chi connectivity index (χ1) is 11.1. The Hall–Kier alpha value is -1.49. The fourth-order valence-electron chi connectivity index (χ4n) is 1.89. The van der Waals surface area contributed by atoms with E-state index in [1.807, 2.05) is 16.8 Å². The molecule has 2 rings (SSSR count). The monoisotopic (exact) mass is 471 g/mol. The summed E-state index contributed by atoms with van der Waals surface area (Å²) < 4.78 is 42.9. The molecule has 2 N–H and O–H groups in total. The minimum atomic E-state index is -3.01. The predicted octanol–water partition coefficient (Wildman–Crippen LogP) is 3.97. The normalized spacial score (nSPS) is 11.1. The van der Waals surface area contributed by atoms with Crippen LogP contribution in [0, 0.1) is 5.82 Å². The third-order valence-electron chi connectivity index (χ3n) is 2.99. The Morgan fingerprint density at radius 1 is 1.25 bits per heavy atom. The Kier molecular flexibility index (Phi) is 8.90. The lowest BCUT2D eigenvalue weighted by atomic mass is 10.2. The van der Waals surface area contributed by atoms with Gasteiger partial charge < -0.3 is 15.4 Å². The number of guanidine groups is 1. The number of nitrogens with one attached hydrogen (secondary N) is 2. The van der Waals surface area contributed by atoms with E-state index in [9.17, 15) is 13.2 Å². The van der Waals surface area contributed by atoms with Crippen molar-refractivity contribution in [1.82, 2.24) is 10.6 Å². The maximum absolute atomic E-state index is 13.8. The average Bonchev–Trinajstić information content (AvgIpc) is 3.02. The molecule has 1 aromatic carbocycles. The molecule has 0 unspecified atom stereocenters. The molecule has 0 atom stereocenters. The van der Waals surface area contributed by atoms with Gasteiger partial charge in [-0.05, 0) is 34.5 Å². The number of hydrogen-bond donors (Lipinski definition) is 2. The van der Waals surface area contributed by atoms with Crippen molar-refractivity contribution in [2.75, 3.05) is 7.05 Å². The van der Waals surface area contributed by atoms with Crippen LogP contribution < -0.4 is 15.4 Å². The molecule has 4 nitrogen and oxygen atoms in total. The van der Waals surface area contributed by atoms with Gasteiger partial charge in [-0.25, -0.2) is 4.39 Å². The molecule has 0 spiro atoms. The van der Waals surface area contributed by atoms with Gasteiger partial charge >= 0.3 is 6.61 Å². The Morgan fingerprint density at radius 2 is 2.00 bits per heavy atom. The zero-order valence-corrected chi connectivity index (χ0v) is 15.9. The number of aliphatic imine (C=N–C) groups is 1. The molecule has 0 aliphatic rings. The van der Waals surface area contributed by atoms with E-state index < -0.39 is 12.4 Å². The molecule has 2 aromatic rings. The van der Waals surface area contributed by atoms with Gasteiger partial charge in [-0.3, -0.25) is 4.99 Å². The fraction of sp³-hybridized carbons (Fsp3) is 0.267. The van der Waals surface area contributed by atoms with Crippen molar-refractivity contribution in [2.45, 2.75) is 19.7 Å². The maximum Gasteiger partial charge on any atom is 0.387 e. The van der Waals surface area contributed by atoms with Crippen LogP contribution in [0.1, 0.15) is 11.1 Å². The lowest BCUT2D eigenvalue weighted by Crippen LogP contribution is -2.36. The molecule has 1 aromatic heterocycles. The van der Waals surface area contributed by atoms with Crippen LogP contribution in [0.25, 0.3) is 0 Å². The van der Waals surface area contributed by atoms with E-state index in [-0.39, 0.29) is 41.8 Å². The van der Waals surface area contributed by atoms with Crippen molar-refractivity contribution in [3.05, 3.63) is 52.0 Å². The van der Waals surface area contributed by atoms with Gasteiger partial charge in [-0.15, -0.1) is 24.0 Å². The first kappa shape index (κ1) is 20.6. The average molecular weight is 471 g/mol. The number of rotatable bonds is 6. The summed E-state index contributed by atoms with van der Waals surface area (Å²) in [5.41, 5.74) is 1.11. The van der Waals surface area contributed by atoms with Gasteiger partial charge in [-0.1, -0.05) is 6.07 Å². The van der Waals surface area contributed by atoms with E-state index >= 15 is 0 Å². The zero-order chi connectivity index (χ0) is 16.7. The molecule has 0 amide bonds. The topological polar surface area (TPSA) is 45.7 Å². The standard InChI is InChI=1S/C15H16F3N3OS.HI/c1-19-15(20-7-10-5-6-23-9-10)21-8-11-12(16)3-2-4-13(11)22-14(17)18;/h2-6,9,14H,7-8H2,1H3,(H2,19,20,21);1H. The third kappa shape index (κ3) is 6.19. The number of halogens is 4. The second-order valence-electron chi connectivity index (χ2n) is 4.51. The third-order valence-corrected chi connectivity index (χ3v) is 3.72. The highest BCUT2D eigenvalue weighted by Gasteiger charge is 2.14. The summed E-state index contributed by atoms with van der Waals surface area (Å²) in [6.07, 6.45) is 0. The van der Waals surface area contributed by atoms with Crippen molar-refractivity contribution in [2.24, 2.45) is 4.99 Å². The van der Waals surface area contributed by atoms with Gasteiger partial charge in [0.25, 0.3) is 0 Å². The van der Waals surface area contributed by atoms with Gasteiger partial charge in [0.15, 0.2) is 5.96 Å². The maximum atomic E-state index is 13.8. The van der Waals surface area contributed by atoms with Crippen molar-refractivity contribution < 1.29 is 17.9 Å². The minimum absolute atomic E-state index is 0. The Morgan fingerprint density at radius 3 is 2.62 bits per heavy atom. The summed E-state index contributed by atoms with van der Waals surface area (Å²) in [7, 11) is 1.57. The highest BCUT2D eigenvalue weighted by molar-refractivity contribution is 14.0. The van der Waals surface area contributed by atoms with Crippen LogP contribution in [-0.4, -0.2) is 19.6 Å². The highest BCUT2D eigenvalue weighted by atomic mass is 127. The summed E-state index contributed by atoms with van der Waals surface area (Å²) in [5.74, 6) is -0.382. The van der Waals surface area contributed by atoms with Gasteiger partial charge in [0.1, 0.15) is 11.6 Å². The SMILES string of the molecule is CN=C(NCc1ccsc1)NCc1c(F)cccc1OC(F)F.I. The Balaban J connectivity index is 0.00000288. The molecule has 0 fully saturated rings. The predicted molar refractivity (Wildman–Crippen MR) is 99.8 cm³/mol. The van der Waals surface area contributed by atoms with Crippen LogP contribution in [0.4, 0.5) is 13.2 Å². The van der Waals surface area contributed by atoms with Crippen LogP contribution in [-0.2, 0) is 13.1 Å². The largest absolute Gasteiger partial charge is 0.434 e. The zero-order valence-electron chi connectivity index (χ0n) is 12.8. The summed E-state index contributed by atoms with van der Waals surface area (Å²) in [5, 5.41) is 9.89. The number of ether oxygens (including phenoxy) is 1. The molecule has 0 bridgehead atoms. The molecular weight excluding hydrogens is 454 g/mol. The highest BCUT2D eigenvalue weighted by Crippen LogP contribution is 2.23. The molecule has 132 valence electrons. The molecule has 0 saturated heterocycles. The van der Waals surface area contributed by atoms with Crippen molar-refractivity contribution >= 4 is 41.3 Å². The van der Waals surface area contributed by atoms with Crippen LogP contribution >= 0.6 is 35.3 Å². The van der Waals surface area contributed by atoms with E-state index in [1.54, 1.807) is 18.4 Å². The molecule has 24 heavy (non-hydrogen) atoms. The number of benzene rings is 1. The van der Waals surface area contributed by atoms with Gasteiger partial charge in [0, 0.05) is 25.7 Å². The first-order valence-electron chi connectivity index (χ1n) is 6.78. The van der Waals surface area contributed by atoms with Gasteiger partial charge in [0.05, 0.1) is 0 Å². The molecule has 0 saturated carbocycles. The Labute approximate surface area is 159 Å². The summed E-state index contributed by atoms with van der Waals surface area (Å²) in [4.78, 5) is 4.01. The van der Waals surface area contributed by atoms with Crippen LogP contribution in [0.15, 0.2) is 40.0 Å². The van der Waals surface area contributed by atoms with E-state index in [0.29, 0.717) is 12.5 Å². The van der Waals surface area contributed by atoms with Crippen molar-refractivity contribution in [1.29, 1.82) is 0 Å². The van der Waals surface area contributed by atoms with Gasteiger partial charge in [-0.2, -0.15) is 20.1 Å². The van der Waals surface area contributed by atoms with Crippen LogP contribution in [0.5, 0.6) is 5.75 Å².